The zero-order valence-corrected chi connectivity index (χ0v) is 10.8. The molecule has 1 aromatic carbocycles. The maximum atomic E-state index is 5.99. The Balaban J connectivity index is 2.10. The summed E-state index contributed by atoms with van der Waals surface area (Å²) in [7, 11) is 0. The molecule has 1 aliphatic rings. The Hall–Kier alpha value is -1.03. The second-order valence-electron chi connectivity index (χ2n) is 4.00. The van der Waals surface area contributed by atoms with E-state index >= 15 is 0 Å². The van der Waals surface area contributed by atoms with Gasteiger partial charge in [-0.25, -0.2) is 4.99 Å². The van der Waals surface area contributed by atoms with E-state index in [-0.39, 0.29) is 0 Å². The molecule has 1 aromatic rings. The smallest absolute Gasteiger partial charge is 0.196 e. The lowest BCUT2D eigenvalue weighted by Crippen LogP contribution is -2.40. The van der Waals surface area contributed by atoms with Crippen molar-refractivity contribution in [2.45, 2.75) is 19.3 Å². The highest BCUT2D eigenvalue weighted by atomic mass is 79.9. The number of rotatable bonds is 1. The molecule has 86 valence electrons. The first-order valence-electron chi connectivity index (χ1n) is 5.60. The lowest BCUT2D eigenvalue weighted by atomic mass is 10.1. The Morgan fingerprint density at radius 2 is 2.00 bits per heavy atom. The van der Waals surface area contributed by atoms with Crippen LogP contribution in [0.5, 0.6) is 0 Å². The van der Waals surface area contributed by atoms with Crippen LogP contribution in [0.1, 0.15) is 19.3 Å². The maximum absolute atomic E-state index is 5.99. The van der Waals surface area contributed by atoms with Gasteiger partial charge in [0.1, 0.15) is 0 Å². The molecule has 0 aliphatic carbocycles. The van der Waals surface area contributed by atoms with E-state index in [1.54, 1.807) is 0 Å². The zero-order valence-electron chi connectivity index (χ0n) is 9.19. The minimum Gasteiger partial charge on any atom is -0.369 e. The van der Waals surface area contributed by atoms with Gasteiger partial charge < -0.3 is 10.6 Å². The summed E-state index contributed by atoms with van der Waals surface area (Å²) in [6.07, 6.45) is 3.74. The van der Waals surface area contributed by atoms with E-state index in [4.69, 9.17) is 5.73 Å². The Bertz CT molecular complexity index is 384. The molecule has 4 heteroatoms. The predicted octanol–water partition coefficient (Wildman–Crippen LogP) is 2.88. The molecule has 0 spiro atoms. The van der Waals surface area contributed by atoms with Gasteiger partial charge in [-0.05, 0) is 37.5 Å². The third kappa shape index (κ3) is 2.98. The van der Waals surface area contributed by atoms with Crippen molar-refractivity contribution < 1.29 is 0 Å². The van der Waals surface area contributed by atoms with Crippen LogP contribution in [0.15, 0.2) is 33.7 Å². The maximum Gasteiger partial charge on any atom is 0.196 e. The second-order valence-corrected chi connectivity index (χ2v) is 4.91. The molecular formula is C12H16BrN3. The van der Waals surface area contributed by atoms with E-state index in [1.807, 2.05) is 24.3 Å². The summed E-state index contributed by atoms with van der Waals surface area (Å²) >= 11 is 3.42. The molecule has 1 aliphatic heterocycles. The largest absolute Gasteiger partial charge is 0.369 e. The molecule has 3 nitrogen and oxygen atoms in total. The van der Waals surface area contributed by atoms with Crippen LogP contribution in [0.25, 0.3) is 0 Å². The molecule has 1 heterocycles. The average molecular weight is 282 g/mol. The van der Waals surface area contributed by atoms with Gasteiger partial charge in [0.2, 0.25) is 0 Å². The highest BCUT2D eigenvalue weighted by Gasteiger charge is 2.11. The lowest BCUT2D eigenvalue weighted by molar-refractivity contribution is 0.339. The van der Waals surface area contributed by atoms with E-state index in [2.05, 4.69) is 25.8 Å². The second kappa shape index (κ2) is 5.34. The van der Waals surface area contributed by atoms with Crippen LogP contribution in [0.2, 0.25) is 0 Å². The first-order chi connectivity index (χ1) is 7.75. The predicted molar refractivity (Wildman–Crippen MR) is 70.8 cm³/mol. The molecule has 0 aromatic heterocycles. The zero-order chi connectivity index (χ0) is 11.4. The molecule has 1 fully saturated rings. The molecule has 0 saturated carbocycles. The van der Waals surface area contributed by atoms with E-state index < -0.39 is 0 Å². The number of guanidine groups is 1. The number of benzene rings is 1. The third-order valence-corrected chi connectivity index (χ3v) is 3.23. The van der Waals surface area contributed by atoms with Gasteiger partial charge in [0.25, 0.3) is 0 Å². The topological polar surface area (TPSA) is 41.6 Å². The van der Waals surface area contributed by atoms with Crippen molar-refractivity contribution in [2.24, 2.45) is 10.7 Å². The van der Waals surface area contributed by atoms with Crippen molar-refractivity contribution in [3.63, 3.8) is 0 Å². The van der Waals surface area contributed by atoms with Gasteiger partial charge in [-0.15, -0.1) is 0 Å². The molecule has 2 rings (SSSR count). The van der Waals surface area contributed by atoms with Crippen LogP contribution < -0.4 is 5.73 Å². The number of aliphatic imine (C=N–C) groups is 1. The first kappa shape index (κ1) is 11.5. The number of piperidine rings is 1. The number of halogens is 1. The van der Waals surface area contributed by atoms with Gasteiger partial charge in [0.05, 0.1) is 5.69 Å². The van der Waals surface area contributed by atoms with Gasteiger partial charge in [0.15, 0.2) is 5.96 Å². The van der Waals surface area contributed by atoms with Crippen LogP contribution in [-0.4, -0.2) is 23.9 Å². The number of hydrogen-bond acceptors (Lipinski definition) is 1. The molecule has 2 N–H and O–H groups in total. The quantitative estimate of drug-likeness (QED) is 0.635. The monoisotopic (exact) mass is 281 g/mol. The van der Waals surface area contributed by atoms with Gasteiger partial charge in [-0.1, -0.05) is 22.0 Å². The Morgan fingerprint density at radius 3 is 2.69 bits per heavy atom. The van der Waals surface area contributed by atoms with Gasteiger partial charge >= 0.3 is 0 Å². The van der Waals surface area contributed by atoms with Crippen molar-refractivity contribution in [1.29, 1.82) is 0 Å². The fourth-order valence-electron chi connectivity index (χ4n) is 1.87. The minimum atomic E-state index is 0.637. The third-order valence-electron chi connectivity index (χ3n) is 2.73. The van der Waals surface area contributed by atoms with Gasteiger partial charge in [-0.2, -0.15) is 0 Å². The van der Waals surface area contributed by atoms with Crippen molar-refractivity contribution in [3.8, 4) is 0 Å². The van der Waals surface area contributed by atoms with E-state index in [0.29, 0.717) is 5.96 Å². The number of nitrogens with two attached hydrogens (primary N) is 1. The van der Waals surface area contributed by atoms with Crippen molar-refractivity contribution in [3.05, 3.63) is 28.7 Å². The van der Waals surface area contributed by atoms with E-state index in [1.165, 1.54) is 19.3 Å². The van der Waals surface area contributed by atoms with E-state index in [9.17, 15) is 0 Å². The Kier molecular flexibility index (Phi) is 3.83. The molecule has 0 unspecified atom stereocenters. The van der Waals surface area contributed by atoms with Gasteiger partial charge in [0, 0.05) is 17.6 Å². The fourth-order valence-corrected chi connectivity index (χ4v) is 2.26. The van der Waals surface area contributed by atoms with Crippen LogP contribution in [0.4, 0.5) is 5.69 Å². The number of hydrogen-bond donors (Lipinski definition) is 1. The normalized spacial score (nSPS) is 17.6. The molecule has 0 amide bonds. The summed E-state index contributed by atoms with van der Waals surface area (Å²) in [6, 6.07) is 7.88. The minimum absolute atomic E-state index is 0.637. The van der Waals surface area contributed by atoms with Crippen molar-refractivity contribution >= 4 is 27.6 Å². The summed E-state index contributed by atoms with van der Waals surface area (Å²) in [4.78, 5) is 6.59. The summed E-state index contributed by atoms with van der Waals surface area (Å²) < 4.78 is 1.03. The molecule has 16 heavy (non-hydrogen) atoms. The molecule has 0 bridgehead atoms. The van der Waals surface area contributed by atoms with Crippen LogP contribution in [-0.2, 0) is 0 Å². The summed E-state index contributed by atoms with van der Waals surface area (Å²) in [5.41, 5.74) is 6.89. The van der Waals surface area contributed by atoms with Crippen LogP contribution in [0.3, 0.4) is 0 Å². The van der Waals surface area contributed by atoms with Crippen molar-refractivity contribution in [2.75, 3.05) is 13.1 Å². The molecule has 0 atom stereocenters. The average Bonchev–Trinajstić information content (AvgIpc) is 2.30. The fraction of sp³-hybridized carbons (Fsp3) is 0.417. The lowest BCUT2D eigenvalue weighted by Gasteiger charge is -2.27. The Morgan fingerprint density at radius 1 is 1.25 bits per heavy atom. The summed E-state index contributed by atoms with van der Waals surface area (Å²) in [5.74, 6) is 0.637. The SMILES string of the molecule is NC(=Nc1cccc(Br)c1)N1CCCCC1. The van der Waals surface area contributed by atoms with E-state index in [0.717, 1.165) is 23.2 Å². The molecule has 1 saturated heterocycles. The standard InChI is InChI=1S/C12H16BrN3/c13-10-5-4-6-11(9-10)15-12(14)16-7-2-1-3-8-16/h4-6,9H,1-3,7-8H2,(H2,14,15). The van der Waals surface area contributed by atoms with Crippen molar-refractivity contribution in [1.82, 2.24) is 4.90 Å². The highest BCUT2D eigenvalue weighted by Crippen LogP contribution is 2.19. The van der Waals surface area contributed by atoms with Crippen LogP contribution in [0, 0.1) is 0 Å². The summed E-state index contributed by atoms with van der Waals surface area (Å²) in [6.45, 7) is 2.06. The summed E-state index contributed by atoms with van der Waals surface area (Å²) in [5, 5.41) is 0. The molecule has 0 radical (unpaired) electrons. The number of likely N-dealkylation sites (tertiary alicyclic amines) is 1. The van der Waals surface area contributed by atoms with Gasteiger partial charge in [-0.3, -0.25) is 0 Å². The number of nitrogens with zero attached hydrogens (tertiary/aromatic N) is 2. The Labute approximate surface area is 104 Å². The van der Waals surface area contributed by atoms with Crippen LogP contribution >= 0.6 is 15.9 Å². The first-order valence-corrected chi connectivity index (χ1v) is 6.40. The highest BCUT2D eigenvalue weighted by molar-refractivity contribution is 9.10. The molecular weight excluding hydrogens is 266 g/mol.